The van der Waals surface area contributed by atoms with E-state index in [0.29, 0.717) is 25.1 Å². The van der Waals surface area contributed by atoms with E-state index in [4.69, 9.17) is 4.74 Å². The van der Waals surface area contributed by atoms with Gasteiger partial charge in [0.25, 0.3) is 5.91 Å². The normalized spacial score (nSPS) is 17.1. The number of piperidine rings is 1. The van der Waals surface area contributed by atoms with Crippen molar-refractivity contribution in [2.24, 2.45) is 0 Å². The van der Waals surface area contributed by atoms with E-state index in [1.54, 1.807) is 0 Å². The molecule has 0 aromatic heterocycles. The summed E-state index contributed by atoms with van der Waals surface area (Å²) in [5.74, 6) is -7.59. The minimum absolute atomic E-state index is 0.00980. The molecule has 31 heavy (non-hydrogen) atoms. The van der Waals surface area contributed by atoms with E-state index in [1.165, 1.54) is 0 Å². The molecule has 5 nitrogen and oxygen atoms in total. The molecule has 0 saturated carbocycles. The number of alkyl halides is 5. The topological polar surface area (TPSA) is 67.4 Å². The minimum atomic E-state index is -5.86. The molecule has 3 rings (SSSR count). The van der Waals surface area contributed by atoms with Crippen molar-refractivity contribution in [1.29, 1.82) is 0 Å². The Balaban J connectivity index is 1.95. The quantitative estimate of drug-likeness (QED) is 0.674. The zero-order valence-corrected chi connectivity index (χ0v) is 15.7. The molecule has 166 valence electrons. The van der Waals surface area contributed by atoms with Crippen LogP contribution >= 0.6 is 0 Å². The van der Waals surface area contributed by atoms with Gasteiger partial charge in [-0.2, -0.15) is 22.0 Å². The van der Waals surface area contributed by atoms with E-state index in [-0.39, 0.29) is 23.6 Å². The molecule has 0 radical (unpaired) electrons. The number of hydrogen-bond acceptors (Lipinski definition) is 3. The molecular formula is C20H16F6N2O3. The fourth-order valence-electron chi connectivity index (χ4n) is 2.95. The van der Waals surface area contributed by atoms with Gasteiger partial charge in [-0.25, -0.2) is 4.39 Å². The van der Waals surface area contributed by atoms with Crippen molar-refractivity contribution in [2.45, 2.75) is 31.0 Å². The van der Waals surface area contributed by atoms with Crippen LogP contribution in [0.1, 0.15) is 28.8 Å². The number of ether oxygens (including phenoxy) is 1. The monoisotopic (exact) mass is 446 g/mol. The summed E-state index contributed by atoms with van der Waals surface area (Å²) in [6.45, 7) is 0.319. The lowest BCUT2D eigenvalue weighted by Crippen LogP contribution is -2.45. The Morgan fingerprint density at radius 2 is 1.74 bits per heavy atom. The van der Waals surface area contributed by atoms with Crippen LogP contribution in [0.4, 0.5) is 26.3 Å². The molecule has 0 spiro atoms. The number of halogens is 6. The predicted molar refractivity (Wildman–Crippen MR) is 96.4 cm³/mol. The maximum Gasteiger partial charge on any atom is 0.458 e. The molecule has 2 N–H and O–H groups in total. The zero-order chi connectivity index (χ0) is 22.8. The van der Waals surface area contributed by atoms with Crippen LogP contribution in [-0.2, 0) is 10.7 Å². The van der Waals surface area contributed by atoms with Gasteiger partial charge in [0.15, 0.2) is 0 Å². The second-order valence-electron chi connectivity index (χ2n) is 6.85. The first-order valence-electron chi connectivity index (χ1n) is 9.07. The van der Waals surface area contributed by atoms with Gasteiger partial charge < -0.3 is 15.4 Å². The molecular weight excluding hydrogens is 430 g/mol. The Morgan fingerprint density at radius 3 is 2.35 bits per heavy atom. The molecule has 1 unspecified atom stereocenters. The summed E-state index contributed by atoms with van der Waals surface area (Å²) in [5.41, 5.74) is -1.75. The second kappa shape index (κ2) is 8.48. The highest BCUT2D eigenvalue weighted by Gasteiger charge is 2.58. The first kappa shape index (κ1) is 22.4. The number of benzene rings is 2. The van der Waals surface area contributed by atoms with E-state index in [0.717, 1.165) is 30.3 Å². The third kappa shape index (κ3) is 5.09. The van der Waals surface area contributed by atoms with Crippen LogP contribution in [0.5, 0.6) is 11.5 Å². The van der Waals surface area contributed by atoms with Gasteiger partial charge in [0, 0.05) is 24.6 Å². The van der Waals surface area contributed by atoms with E-state index in [9.17, 15) is 35.9 Å². The molecule has 1 saturated heterocycles. The van der Waals surface area contributed by atoms with Crippen molar-refractivity contribution >= 4 is 11.8 Å². The molecule has 0 bridgehead atoms. The lowest BCUT2D eigenvalue weighted by Gasteiger charge is -2.24. The second-order valence-corrected chi connectivity index (χ2v) is 6.85. The standard InChI is InChI=1S/C20H16F6N2O3/c21-12-2-4-14(5-3-12)31-16-9-11(19(22,23)20(24,25)26)1-6-15(16)18(30)28-13-7-8-27-17(29)10-13/h1-6,9,13H,7-8,10H2,(H,27,29)(H,28,30). The Labute approximate surface area is 172 Å². The number of carbonyl (C=O) groups is 2. The zero-order valence-electron chi connectivity index (χ0n) is 15.7. The number of carbonyl (C=O) groups excluding carboxylic acids is 2. The number of amides is 2. The Morgan fingerprint density at radius 1 is 1.06 bits per heavy atom. The summed E-state index contributed by atoms with van der Waals surface area (Å²) in [6.07, 6.45) is -5.46. The molecule has 1 aliphatic heterocycles. The predicted octanol–water partition coefficient (Wildman–Crippen LogP) is 4.28. The van der Waals surface area contributed by atoms with E-state index in [2.05, 4.69) is 10.6 Å². The largest absolute Gasteiger partial charge is 0.458 e. The molecule has 1 heterocycles. The summed E-state index contributed by atoms with van der Waals surface area (Å²) >= 11 is 0. The Bertz CT molecular complexity index is 976. The third-order valence-electron chi connectivity index (χ3n) is 4.57. The summed E-state index contributed by atoms with van der Waals surface area (Å²) < 4.78 is 84.4. The summed E-state index contributed by atoms with van der Waals surface area (Å²) in [6, 6.07) is 5.36. The van der Waals surface area contributed by atoms with Gasteiger partial charge in [-0.3, -0.25) is 9.59 Å². The maximum absolute atomic E-state index is 13.8. The van der Waals surface area contributed by atoms with Crippen molar-refractivity contribution in [1.82, 2.24) is 10.6 Å². The average molecular weight is 446 g/mol. The van der Waals surface area contributed by atoms with Crippen LogP contribution < -0.4 is 15.4 Å². The van der Waals surface area contributed by atoms with Crippen LogP contribution in [0.3, 0.4) is 0 Å². The van der Waals surface area contributed by atoms with Gasteiger partial charge in [0.2, 0.25) is 5.91 Å². The van der Waals surface area contributed by atoms with Crippen molar-refractivity contribution in [2.75, 3.05) is 6.54 Å². The summed E-state index contributed by atoms with van der Waals surface area (Å²) in [4.78, 5) is 24.1. The summed E-state index contributed by atoms with van der Waals surface area (Å²) in [5, 5.41) is 5.12. The van der Waals surface area contributed by atoms with Crippen molar-refractivity contribution in [3.8, 4) is 11.5 Å². The first-order chi connectivity index (χ1) is 14.5. The molecule has 0 aliphatic carbocycles. The highest BCUT2D eigenvalue weighted by molar-refractivity contribution is 5.97. The highest BCUT2D eigenvalue weighted by Crippen LogP contribution is 2.45. The lowest BCUT2D eigenvalue weighted by atomic mass is 10.0. The fraction of sp³-hybridized carbons (Fsp3) is 0.300. The maximum atomic E-state index is 13.8. The van der Waals surface area contributed by atoms with Crippen LogP contribution in [-0.4, -0.2) is 30.6 Å². The minimum Gasteiger partial charge on any atom is -0.457 e. The van der Waals surface area contributed by atoms with Gasteiger partial charge in [0.1, 0.15) is 17.3 Å². The van der Waals surface area contributed by atoms with E-state index in [1.807, 2.05) is 0 Å². The van der Waals surface area contributed by atoms with Crippen LogP contribution in [0.25, 0.3) is 0 Å². The molecule has 2 aromatic rings. The van der Waals surface area contributed by atoms with Crippen LogP contribution in [0.15, 0.2) is 42.5 Å². The van der Waals surface area contributed by atoms with Gasteiger partial charge in [-0.05, 0) is 42.8 Å². The van der Waals surface area contributed by atoms with Crippen LogP contribution in [0, 0.1) is 5.82 Å². The summed E-state index contributed by atoms with van der Waals surface area (Å²) in [7, 11) is 0. The van der Waals surface area contributed by atoms with Crippen molar-refractivity contribution in [3.63, 3.8) is 0 Å². The van der Waals surface area contributed by atoms with Crippen molar-refractivity contribution in [3.05, 3.63) is 59.4 Å². The molecule has 1 fully saturated rings. The lowest BCUT2D eigenvalue weighted by molar-refractivity contribution is -0.289. The van der Waals surface area contributed by atoms with Gasteiger partial charge >= 0.3 is 12.1 Å². The first-order valence-corrected chi connectivity index (χ1v) is 9.07. The van der Waals surface area contributed by atoms with Gasteiger partial charge in [-0.15, -0.1) is 0 Å². The highest BCUT2D eigenvalue weighted by atomic mass is 19.4. The smallest absolute Gasteiger partial charge is 0.457 e. The molecule has 11 heteroatoms. The number of rotatable bonds is 5. The number of nitrogens with one attached hydrogen (secondary N) is 2. The third-order valence-corrected chi connectivity index (χ3v) is 4.57. The van der Waals surface area contributed by atoms with Gasteiger partial charge in [-0.1, -0.05) is 6.07 Å². The van der Waals surface area contributed by atoms with Crippen LogP contribution in [0.2, 0.25) is 0 Å². The SMILES string of the molecule is O=C1CC(NC(=O)c2ccc(C(F)(F)C(F)(F)F)cc2Oc2ccc(F)cc2)CCN1. The Hall–Kier alpha value is -3.24. The van der Waals surface area contributed by atoms with Crippen molar-refractivity contribution < 1.29 is 40.7 Å². The molecule has 1 aliphatic rings. The molecule has 2 aromatic carbocycles. The Kier molecular flexibility index (Phi) is 6.14. The average Bonchev–Trinajstić information content (AvgIpc) is 2.69. The molecule has 1 atom stereocenters. The van der Waals surface area contributed by atoms with Gasteiger partial charge in [0.05, 0.1) is 5.56 Å². The number of hydrogen-bond donors (Lipinski definition) is 2. The molecule has 2 amide bonds. The fourth-order valence-corrected chi connectivity index (χ4v) is 2.95. The van der Waals surface area contributed by atoms with E-state index >= 15 is 0 Å². The van der Waals surface area contributed by atoms with E-state index < -0.39 is 41.2 Å².